The predicted molar refractivity (Wildman–Crippen MR) is 91.5 cm³/mol. The molecule has 1 aromatic carbocycles. The zero-order valence-electron chi connectivity index (χ0n) is 13.4. The first kappa shape index (κ1) is 15.4. The van der Waals surface area contributed by atoms with Crippen molar-refractivity contribution in [3.8, 4) is 0 Å². The van der Waals surface area contributed by atoms with Crippen LogP contribution in [0.1, 0.15) is 35.0 Å². The van der Waals surface area contributed by atoms with Crippen molar-refractivity contribution < 1.29 is 9.53 Å². The average molecular weight is 344 g/mol. The van der Waals surface area contributed by atoms with E-state index in [1.807, 2.05) is 30.0 Å². The molecule has 2 aromatic rings. The molecule has 0 saturated carbocycles. The number of aromatic nitrogens is 2. The first-order valence-electron chi connectivity index (χ1n) is 8.21. The van der Waals surface area contributed by atoms with Gasteiger partial charge in [-0.2, -0.15) is 0 Å². The van der Waals surface area contributed by atoms with Crippen LogP contribution >= 0.6 is 11.6 Å². The highest BCUT2D eigenvalue weighted by Crippen LogP contribution is 2.32. The van der Waals surface area contributed by atoms with Crippen molar-refractivity contribution in [2.75, 3.05) is 11.4 Å². The molecule has 1 aliphatic heterocycles. The van der Waals surface area contributed by atoms with Crippen LogP contribution in [-0.2, 0) is 17.6 Å². The number of aryl methyl sites for hydroxylation is 1. The second-order valence-corrected chi connectivity index (χ2v) is 6.65. The van der Waals surface area contributed by atoms with Crippen LogP contribution < -0.4 is 4.90 Å². The van der Waals surface area contributed by atoms with E-state index < -0.39 is 0 Å². The summed E-state index contributed by atoms with van der Waals surface area (Å²) in [7, 11) is 0. The van der Waals surface area contributed by atoms with Gasteiger partial charge in [0.05, 0.1) is 23.8 Å². The Bertz CT molecular complexity index is 781. The first-order valence-corrected chi connectivity index (χ1v) is 8.59. The van der Waals surface area contributed by atoms with Crippen LogP contribution in [0, 0.1) is 0 Å². The number of rotatable bonds is 3. The van der Waals surface area contributed by atoms with Gasteiger partial charge in [-0.05, 0) is 38.3 Å². The van der Waals surface area contributed by atoms with Gasteiger partial charge in [-0.3, -0.25) is 0 Å². The topological polar surface area (TPSA) is 55.3 Å². The second kappa shape index (κ2) is 6.06. The van der Waals surface area contributed by atoms with Gasteiger partial charge in [-0.25, -0.2) is 14.8 Å². The minimum atomic E-state index is -0.292. The molecular weight excluding hydrogens is 326 g/mol. The number of fused-ring (bicyclic) bond motifs is 1. The lowest BCUT2D eigenvalue weighted by Gasteiger charge is -2.45. The molecule has 5 nitrogen and oxygen atoms in total. The third-order valence-corrected chi connectivity index (χ3v) is 5.11. The second-order valence-electron chi connectivity index (χ2n) is 6.30. The van der Waals surface area contributed by atoms with E-state index in [4.69, 9.17) is 16.3 Å². The summed E-state index contributed by atoms with van der Waals surface area (Å²) in [5.41, 5.74) is 2.71. The van der Waals surface area contributed by atoms with Crippen molar-refractivity contribution in [1.82, 2.24) is 9.97 Å². The predicted octanol–water partition coefficient (Wildman–Crippen LogP) is 3.05. The van der Waals surface area contributed by atoms with E-state index in [0.717, 1.165) is 30.5 Å². The highest BCUT2D eigenvalue weighted by Gasteiger charge is 2.40. The van der Waals surface area contributed by atoms with E-state index in [-0.39, 0.29) is 18.1 Å². The quantitative estimate of drug-likeness (QED) is 0.633. The zero-order valence-corrected chi connectivity index (χ0v) is 14.2. The Morgan fingerprint density at radius 2 is 2.04 bits per heavy atom. The van der Waals surface area contributed by atoms with Crippen LogP contribution in [0.15, 0.2) is 30.3 Å². The molecule has 2 aliphatic rings. The van der Waals surface area contributed by atoms with Gasteiger partial charge in [-0.1, -0.05) is 29.8 Å². The van der Waals surface area contributed by atoms with Crippen molar-refractivity contribution in [1.29, 1.82) is 0 Å². The first-order chi connectivity index (χ1) is 11.6. The van der Waals surface area contributed by atoms with Crippen LogP contribution in [0.25, 0.3) is 0 Å². The third-order valence-electron chi connectivity index (χ3n) is 4.80. The van der Waals surface area contributed by atoms with Crippen LogP contribution in [0.3, 0.4) is 0 Å². The minimum Gasteiger partial charge on any atom is -0.455 e. The maximum Gasteiger partial charge on any atom is 0.338 e. The number of carbonyl (C=O) groups is 1. The maximum atomic E-state index is 12.2. The molecular formula is C18H18ClN3O2. The van der Waals surface area contributed by atoms with Crippen molar-refractivity contribution in [2.45, 2.75) is 38.3 Å². The number of hydrogen-bond donors (Lipinski definition) is 0. The number of anilines is 1. The summed E-state index contributed by atoms with van der Waals surface area (Å²) < 4.78 is 5.59. The number of halogens is 1. The van der Waals surface area contributed by atoms with Gasteiger partial charge in [0, 0.05) is 5.56 Å². The van der Waals surface area contributed by atoms with Crippen LogP contribution in [0.4, 0.5) is 5.95 Å². The Kier molecular flexibility index (Phi) is 3.88. The Balaban J connectivity index is 1.44. The monoisotopic (exact) mass is 343 g/mol. The number of carbonyl (C=O) groups excluding carboxylic acids is 1. The zero-order chi connectivity index (χ0) is 16.7. The summed E-state index contributed by atoms with van der Waals surface area (Å²) in [6, 6.07) is 9.08. The van der Waals surface area contributed by atoms with E-state index in [2.05, 4.69) is 9.97 Å². The molecule has 6 heteroatoms. The molecule has 124 valence electrons. The van der Waals surface area contributed by atoms with E-state index in [9.17, 15) is 4.79 Å². The minimum absolute atomic E-state index is 0.0354. The number of esters is 1. The average Bonchev–Trinajstić information content (AvgIpc) is 3.07. The van der Waals surface area contributed by atoms with Crippen molar-refractivity contribution in [2.24, 2.45) is 0 Å². The summed E-state index contributed by atoms with van der Waals surface area (Å²) in [6.45, 7) is 2.60. The number of benzene rings is 1. The molecule has 4 rings (SSSR count). The van der Waals surface area contributed by atoms with Gasteiger partial charge in [-0.15, -0.1) is 0 Å². The Hall–Kier alpha value is -2.14. The molecule has 0 spiro atoms. The summed E-state index contributed by atoms with van der Waals surface area (Å²) in [5.74, 6) is 0.347. The standard InChI is InChI=1S/C18H18ClN3O2/c1-11-15(24-17(23)12-6-3-2-4-7-12)10-22(11)18-20-14-9-5-8-13(14)16(19)21-18/h2-4,6-7,11,15H,5,8-10H2,1H3/t11-,15?/m1/s1. The summed E-state index contributed by atoms with van der Waals surface area (Å²) in [6.07, 6.45) is 2.84. The Morgan fingerprint density at radius 3 is 2.79 bits per heavy atom. The molecule has 1 fully saturated rings. The highest BCUT2D eigenvalue weighted by atomic mass is 35.5. The van der Waals surface area contributed by atoms with E-state index in [1.54, 1.807) is 12.1 Å². The van der Waals surface area contributed by atoms with Crippen LogP contribution in [0.5, 0.6) is 0 Å². The largest absolute Gasteiger partial charge is 0.455 e. The van der Waals surface area contributed by atoms with Crippen LogP contribution in [-0.4, -0.2) is 34.6 Å². The molecule has 0 amide bonds. The Morgan fingerprint density at radius 1 is 1.25 bits per heavy atom. The van der Waals surface area contributed by atoms with Gasteiger partial charge >= 0.3 is 5.97 Å². The highest BCUT2D eigenvalue weighted by molar-refractivity contribution is 6.30. The fraction of sp³-hybridized carbons (Fsp3) is 0.389. The normalized spacial score (nSPS) is 22.0. The smallest absolute Gasteiger partial charge is 0.338 e. The van der Waals surface area contributed by atoms with E-state index in [1.165, 1.54) is 0 Å². The fourth-order valence-corrected chi connectivity index (χ4v) is 3.54. The number of hydrogen-bond acceptors (Lipinski definition) is 5. The lowest BCUT2D eigenvalue weighted by molar-refractivity contribution is 0.0108. The summed E-state index contributed by atoms with van der Waals surface area (Å²) in [4.78, 5) is 23.3. The molecule has 0 N–H and O–H groups in total. The molecule has 1 unspecified atom stereocenters. The van der Waals surface area contributed by atoms with E-state index in [0.29, 0.717) is 23.2 Å². The van der Waals surface area contributed by atoms with Gasteiger partial charge in [0.25, 0.3) is 0 Å². The van der Waals surface area contributed by atoms with Gasteiger partial charge in [0.2, 0.25) is 5.95 Å². The van der Waals surface area contributed by atoms with Crippen molar-refractivity contribution >= 4 is 23.5 Å². The molecule has 1 aliphatic carbocycles. The van der Waals surface area contributed by atoms with Gasteiger partial charge < -0.3 is 9.64 Å². The molecule has 0 radical (unpaired) electrons. The number of ether oxygens (including phenoxy) is 1. The molecule has 2 atom stereocenters. The molecule has 1 saturated heterocycles. The molecule has 0 bridgehead atoms. The number of nitrogens with zero attached hydrogens (tertiary/aromatic N) is 3. The lowest BCUT2D eigenvalue weighted by atomic mass is 10.0. The third kappa shape index (κ3) is 2.63. The van der Waals surface area contributed by atoms with Crippen LogP contribution in [0.2, 0.25) is 5.15 Å². The summed E-state index contributed by atoms with van der Waals surface area (Å²) in [5, 5.41) is 0.560. The summed E-state index contributed by atoms with van der Waals surface area (Å²) >= 11 is 6.29. The lowest BCUT2D eigenvalue weighted by Crippen LogP contribution is -2.61. The van der Waals surface area contributed by atoms with Crippen molar-refractivity contribution in [3.05, 3.63) is 52.3 Å². The van der Waals surface area contributed by atoms with E-state index >= 15 is 0 Å². The van der Waals surface area contributed by atoms with Gasteiger partial charge in [0.1, 0.15) is 11.3 Å². The fourth-order valence-electron chi connectivity index (χ4n) is 3.26. The molecule has 2 heterocycles. The van der Waals surface area contributed by atoms with Gasteiger partial charge in [0.15, 0.2) is 0 Å². The maximum absolute atomic E-state index is 12.2. The SMILES string of the molecule is C[C@@H]1C(OC(=O)c2ccccc2)CN1c1nc(Cl)c2c(n1)CCC2. The van der Waals surface area contributed by atoms with Crippen molar-refractivity contribution in [3.63, 3.8) is 0 Å². The Labute approximate surface area is 145 Å². The molecule has 24 heavy (non-hydrogen) atoms. The molecule has 1 aromatic heterocycles.